The molecule has 0 aromatic heterocycles. The van der Waals surface area contributed by atoms with E-state index in [1.165, 1.54) is 0 Å². The predicted molar refractivity (Wildman–Crippen MR) is 97.8 cm³/mol. The second-order valence-corrected chi connectivity index (χ2v) is 6.06. The molecular weight excluding hydrogens is 348 g/mol. The number of nitrogens with one attached hydrogen (secondary N) is 1. The molecule has 0 spiro atoms. The summed E-state index contributed by atoms with van der Waals surface area (Å²) in [6, 6.07) is 12.0. The van der Waals surface area contributed by atoms with Crippen LogP contribution in [0.25, 0.3) is 0 Å². The van der Waals surface area contributed by atoms with Crippen molar-refractivity contribution in [3.8, 4) is 11.5 Å². The highest BCUT2D eigenvalue weighted by molar-refractivity contribution is 6.21. The topological polar surface area (TPSA) is 84.9 Å². The molecule has 140 valence electrons. The normalized spacial score (nSPS) is 12.7. The minimum atomic E-state index is -0.360. The monoisotopic (exact) mass is 368 g/mol. The van der Waals surface area contributed by atoms with Gasteiger partial charge in [-0.15, -0.1) is 0 Å². The fourth-order valence-corrected chi connectivity index (χ4v) is 2.91. The number of hydrogen-bond acceptors (Lipinski definition) is 5. The van der Waals surface area contributed by atoms with Gasteiger partial charge in [-0.25, -0.2) is 0 Å². The molecule has 0 unspecified atom stereocenters. The van der Waals surface area contributed by atoms with Crippen LogP contribution < -0.4 is 14.8 Å². The molecule has 1 aliphatic rings. The van der Waals surface area contributed by atoms with Crippen molar-refractivity contribution in [2.75, 3.05) is 20.8 Å². The van der Waals surface area contributed by atoms with E-state index in [0.717, 1.165) is 10.5 Å². The molecule has 0 saturated heterocycles. The lowest BCUT2D eigenvalue weighted by Crippen LogP contribution is -2.34. The molecule has 1 N–H and O–H groups in total. The molecule has 0 fully saturated rings. The molecule has 3 rings (SSSR count). The Bertz CT molecular complexity index is 836. The van der Waals surface area contributed by atoms with Gasteiger partial charge < -0.3 is 14.8 Å². The minimum Gasteiger partial charge on any atom is -0.497 e. The third-order valence-corrected chi connectivity index (χ3v) is 4.34. The van der Waals surface area contributed by atoms with Gasteiger partial charge in [0, 0.05) is 25.6 Å². The fraction of sp³-hybridized carbons (Fsp3) is 0.250. The van der Waals surface area contributed by atoms with Gasteiger partial charge >= 0.3 is 0 Å². The zero-order valence-electron chi connectivity index (χ0n) is 15.2. The van der Waals surface area contributed by atoms with Crippen LogP contribution in [0.2, 0.25) is 0 Å². The van der Waals surface area contributed by atoms with E-state index in [1.807, 2.05) is 0 Å². The van der Waals surface area contributed by atoms with Crippen LogP contribution in [0.1, 0.15) is 32.7 Å². The summed E-state index contributed by atoms with van der Waals surface area (Å²) < 4.78 is 10.4. The summed E-state index contributed by atoms with van der Waals surface area (Å²) in [5.41, 5.74) is 1.58. The van der Waals surface area contributed by atoms with Gasteiger partial charge in [0.15, 0.2) is 0 Å². The Hall–Kier alpha value is -3.35. The standard InChI is InChI=1S/C20H20N2O5/c1-26-14-9-13(10-15(11-14)27-2)12-21-18(23)7-8-22-19(24)16-5-3-4-6-17(16)20(22)25/h3-6,9-11H,7-8,12H2,1-2H3,(H,21,23). The van der Waals surface area contributed by atoms with E-state index in [9.17, 15) is 14.4 Å². The van der Waals surface area contributed by atoms with Crippen molar-refractivity contribution in [2.45, 2.75) is 13.0 Å². The van der Waals surface area contributed by atoms with Gasteiger partial charge in [0.25, 0.3) is 11.8 Å². The molecule has 0 aliphatic carbocycles. The Morgan fingerprint density at radius 3 is 2.04 bits per heavy atom. The number of carbonyl (C=O) groups is 3. The van der Waals surface area contributed by atoms with Crippen LogP contribution in [0.4, 0.5) is 0 Å². The maximum atomic E-state index is 12.3. The Morgan fingerprint density at radius 2 is 1.52 bits per heavy atom. The second-order valence-electron chi connectivity index (χ2n) is 6.06. The summed E-state index contributed by atoms with van der Waals surface area (Å²) in [5.74, 6) is 0.282. The molecule has 0 saturated carbocycles. The number of ether oxygens (including phenoxy) is 2. The first kappa shape index (κ1) is 18.4. The first-order chi connectivity index (χ1) is 13.0. The van der Waals surface area contributed by atoms with Crippen LogP contribution >= 0.6 is 0 Å². The third-order valence-electron chi connectivity index (χ3n) is 4.34. The smallest absolute Gasteiger partial charge is 0.261 e. The van der Waals surface area contributed by atoms with Gasteiger partial charge in [-0.05, 0) is 29.8 Å². The number of nitrogens with zero attached hydrogens (tertiary/aromatic N) is 1. The highest BCUT2D eigenvalue weighted by Crippen LogP contribution is 2.23. The first-order valence-corrected chi connectivity index (χ1v) is 8.47. The Balaban J connectivity index is 1.55. The molecule has 0 bridgehead atoms. The van der Waals surface area contributed by atoms with E-state index in [-0.39, 0.29) is 37.2 Å². The van der Waals surface area contributed by atoms with Crippen LogP contribution in [0, 0.1) is 0 Å². The zero-order valence-corrected chi connectivity index (χ0v) is 15.2. The lowest BCUT2D eigenvalue weighted by Gasteiger charge is -2.14. The van der Waals surface area contributed by atoms with Crippen molar-refractivity contribution in [3.05, 3.63) is 59.2 Å². The van der Waals surface area contributed by atoms with Crippen LogP contribution in [-0.2, 0) is 11.3 Å². The highest BCUT2D eigenvalue weighted by atomic mass is 16.5. The number of methoxy groups -OCH3 is 2. The Labute approximate surface area is 156 Å². The number of hydrogen-bond donors (Lipinski definition) is 1. The van der Waals surface area contributed by atoms with Gasteiger partial charge in [0.2, 0.25) is 5.91 Å². The number of imide groups is 1. The average molecular weight is 368 g/mol. The summed E-state index contributed by atoms with van der Waals surface area (Å²) in [6.07, 6.45) is 0.0343. The molecule has 27 heavy (non-hydrogen) atoms. The molecular formula is C20H20N2O5. The van der Waals surface area contributed by atoms with Crippen molar-refractivity contribution in [1.82, 2.24) is 10.2 Å². The fourth-order valence-electron chi connectivity index (χ4n) is 2.91. The van der Waals surface area contributed by atoms with Crippen LogP contribution in [-0.4, -0.2) is 43.4 Å². The first-order valence-electron chi connectivity index (χ1n) is 8.47. The molecule has 1 aliphatic heterocycles. The van der Waals surface area contributed by atoms with E-state index < -0.39 is 0 Å². The molecule has 0 radical (unpaired) electrons. The number of benzene rings is 2. The van der Waals surface area contributed by atoms with E-state index in [1.54, 1.807) is 56.7 Å². The van der Waals surface area contributed by atoms with Crippen LogP contribution in [0.5, 0.6) is 11.5 Å². The largest absolute Gasteiger partial charge is 0.497 e. The maximum Gasteiger partial charge on any atom is 0.261 e. The SMILES string of the molecule is COc1cc(CNC(=O)CCN2C(=O)c3ccccc3C2=O)cc(OC)c1. The summed E-state index contributed by atoms with van der Waals surface area (Å²) in [5, 5.41) is 2.78. The van der Waals surface area contributed by atoms with Crippen molar-refractivity contribution in [1.29, 1.82) is 0 Å². The summed E-state index contributed by atoms with van der Waals surface area (Å²) in [7, 11) is 3.11. The predicted octanol–water partition coefficient (Wildman–Crippen LogP) is 2.01. The van der Waals surface area contributed by atoms with Gasteiger partial charge in [0.1, 0.15) is 11.5 Å². The van der Waals surface area contributed by atoms with Gasteiger partial charge in [-0.1, -0.05) is 12.1 Å². The molecule has 2 aromatic carbocycles. The van der Waals surface area contributed by atoms with Gasteiger partial charge in [0.05, 0.1) is 25.3 Å². The Morgan fingerprint density at radius 1 is 0.963 bits per heavy atom. The molecule has 7 heteroatoms. The average Bonchev–Trinajstić information content (AvgIpc) is 2.95. The number of fused-ring (bicyclic) bond motifs is 1. The molecule has 2 aromatic rings. The number of carbonyl (C=O) groups excluding carboxylic acids is 3. The second kappa shape index (κ2) is 7.90. The Kier molecular flexibility index (Phi) is 5.40. The highest BCUT2D eigenvalue weighted by Gasteiger charge is 2.34. The number of rotatable bonds is 7. The van der Waals surface area contributed by atoms with Crippen molar-refractivity contribution < 1.29 is 23.9 Å². The molecule has 1 heterocycles. The van der Waals surface area contributed by atoms with Crippen LogP contribution in [0.3, 0.4) is 0 Å². The lowest BCUT2D eigenvalue weighted by molar-refractivity contribution is -0.121. The van der Waals surface area contributed by atoms with E-state index in [2.05, 4.69) is 5.32 Å². The van der Waals surface area contributed by atoms with E-state index >= 15 is 0 Å². The molecule has 7 nitrogen and oxygen atoms in total. The van der Waals surface area contributed by atoms with Gasteiger partial charge in [-0.3, -0.25) is 19.3 Å². The summed E-state index contributed by atoms with van der Waals surface area (Å²) in [6.45, 7) is 0.328. The minimum absolute atomic E-state index is 0.0343. The number of amides is 3. The molecule has 0 atom stereocenters. The third kappa shape index (κ3) is 3.92. The van der Waals surface area contributed by atoms with Crippen molar-refractivity contribution in [3.63, 3.8) is 0 Å². The molecule has 3 amide bonds. The van der Waals surface area contributed by atoms with Gasteiger partial charge in [-0.2, -0.15) is 0 Å². The lowest BCUT2D eigenvalue weighted by atomic mass is 10.1. The van der Waals surface area contributed by atoms with E-state index in [0.29, 0.717) is 22.6 Å². The van der Waals surface area contributed by atoms with Crippen molar-refractivity contribution in [2.24, 2.45) is 0 Å². The van der Waals surface area contributed by atoms with E-state index in [4.69, 9.17) is 9.47 Å². The summed E-state index contributed by atoms with van der Waals surface area (Å²) >= 11 is 0. The zero-order chi connectivity index (χ0) is 19.4. The summed E-state index contributed by atoms with van der Waals surface area (Å²) in [4.78, 5) is 37.8. The maximum absolute atomic E-state index is 12.3. The van der Waals surface area contributed by atoms with Crippen LogP contribution in [0.15, 0.2) is 42.5 Å². The quantitative estimate of drug-likeness (QED) is 0.756. The van der Waals surface area contributed by atoms with Crippen molar-refractivity contribution >= 4 is 17.7 Å².